The van der Waals surface area contributed by atoms with Gasteiger partial charge in [-0.1, -0.05) is 31.2 Å². The Labute approximate surface area is 230 Å². The summed E-state index contributed by atoms with van der Waals surface area (Å²) in [4.78, 5) is 0.383. The van der Waals surface area contributed by atoms with E-state index in [1.54, 1.807) is 45.6 Å². The van der Waals surface area contributed by atoms with E-state index in [9.17, 15) is 8.42 Å². The molecule has 3 atom stereocenters. The van der Waals surface area contributed by atoms with Crippen molar-refractivity contribution in [3.05, 3.63) is 73.0 Å². The van der Waals surface area contributed by atoms with Crippen molar-refractivity contribution < 1.29 is 53.9 Å². The van der Waals surface area contributed by atoms with Crippen molar-refractivity contribution in [2.24, 2.45) is 5.92 Å². The molecular weight excluding hydrogens is 536 g/mol. The molecule has 1 aliphatic rings. The van der Waals surface area contributed by atoms with Crippen molar-refractivity contribution >= 4 is 9.84 Å². The minimum atomic E-state index is -3.35. The van der Waals surface area contributed by atoms with Gasteiger partial charge in [0.2, 0.25) is 0 Å². The van der Waals surface area contributed by atoms with Crippen molar-refractivity contribution in [1.82, 2.24) is 0 Å². The van der Waals surface area contributed by atoms with Crippen LogP contribution in [0.15, 0.2) is 41.3 Å². The molecule has 37 heavy (non-hydrogen) atoms. The summed E-state index contributed by atoms with van der Waals surface area (Å²) >= 11 is 0. The van der Waals surface area contributed by atoms with Crippen LogP contribution in [0.1, 0.15) is 48.3 Å². The van der Waals surface area contributed by atoms with Gasteiger partial charge in [-0.3, -0.25) is 0 Å². The Bertz CT molecular complexity index is 1100. The second-order valence-corrected chi connectivity index (χ2v) is 10.2. The molecule has 0 heterocycles. The molecule has 0 radical (unpaired) electrons. The van der Waals surface area contributed by atoms with Crippen molar-refractivity contribution in [3.8, 4) is 11.5 Å². The smallest absolute Gasteiger partial charge is 0 e. The van der Waals surface area contributed by atoms with Gasteiger partial charge >= 0.3 is 33.9 Å². The first-order chi connectivity index (χ1) is 17.3. The second kappa shape index (κ2) is 18.9. The monoisotopic (exact) mass is 568 g/mol. The van der Waals surface area contributed by atoms with Gasteiger partial charge in [-0.05, 0) is 54.9 Å². The van der Waals surface area contributed by atoms with Crippen LogP contribution in [0.2, 0.25) is 0 Å². The zero-order valence-electron chi connectivity index (χ0n) is 21.6. The van der Waals surface area contributed by atoms with Crippen LogP contribution in [-0.4, -0.2) is 42.1 Å². The molecular formula is C27H32CrO8S. The number of sulfone groups is 1. The zero-order chi connectivity index (χ0) is 27.9. The fraction of sp³-hybridized carbons (Fsp3) is 0.444. The minimum absolute atomic E-state index is 0. The summed E-state index contributed by atoms with van der Waals surface area (Å²) in [5, 5.41) is 0. The van der Waals surface area contributed by atoms with E-state index < -0.39 is 9.84 Å². The molecule has 1 aliphatic carbocycles. The van der Waals surface area contributed by atoms with Crippen LogP contribution in [0.5, 0.6) is 11.5 Å². The quantitative estimate of drug-likeness (QED) is 0.340. The summed E-state index contributed by atoms with van der Waals surface area (Å²) in [6, 6.07) is 10.9. The van der Waals surface area contributed by atoms with Gasteiger partial charge in [0.1, 0.15) is 0 Å². The van der Waals surface area contributed by atoms with E-state index in [0.29, 0.717) is 11.5 Å². The number of rotatable bonds is 8. The van der Waals surface area contributed by atoms with Crippen LogP contribution in [0, 0.1) is 32.8 Å². The van der Waals surface area contributed by atoms with Gasteiger partial charge < -0.3 is 14.2 Å². The van der Waals surface area contributed by atoms with Crippen LogP contribution in [0.25, 0.3) is 0 Å². The first-order valence-electron chi connectivity index (χ1n) is 11.0. The van der Waals surface area contributed by atoms with Crippen LogP contribution in [0.3, 0.4) is 0 Å². The summed E-state index contributed by atoms with van der Waals surface area (Å²) in [5.74, 6) is 1.90. The summed E-state index contributed by atoms with van der Waals surface area (Å²) in [7, 11) is 1.66. The van der Waals surface area contributed by atoms with Crippen molar-refractivity contribution in [2.75, 3.05) is 33.7 Å². The molecule has 200 valence electrons. The fourth-order valence-corrected chi connectivity index (χ4v) is 6.51. The molecule has 0 fully saturated rings. The van der Waals surface area contributed by atoms with E-state index in [4.69, 9.17) is 28.2 Å². The summed E-state index contributed by atoms with van der Waals surface area (Å²) in [6.45, 7) is 18.1. The molecule has 2 aromatic carbocycles. The average Bonchev–Trinajstić information content (AvgIpc) is 2.91. The number of hydrogen-bond acceptors (Lipinski definition) is 5. The van der Waals surface area contributed by atoms with Crippen molar-refractivity contribution in [1.29, 1.82) is 0 Å². The molecule has 8 nitrogen and oxygen atoms in total. The molecule has 0 saturated heterocycles. The van der Waals surface area contributed by atoms with E-state index in [2.05, 4.69) is 26.0 Å². The van der Waals surface area contributed by atoms with E-state index in [1.807, 2.05) is 19.9 Å². The second-order valence-electron chi connectivity index (χ2n) is 8.17. The summed E-state index contributed by atoms with van der Waals surface area (Å²) < 4.78 is 65.4. The van der Waals surface area contributed by atoms with Crippen LogP contribution >= 0.6 is 0 Å². The fourth-order valence-electron chi connectivity index (χ4n) is 4.82. The number of benzene rings is 2. The van der Waals surface area contributed by atoms with Crippen LogP contribution < -0.4 is 9.47 Å². The SMILES string of the molecule is COC[C@@H]1CC[C@@H]([C@@H](C)CS(=O)(=O)c2ccccc2)c2cc(C)c(OC)c(OC)c21.[C-]#[O+].[C-]#[O+].[C-]#[O+].[Cr]. The third-order valence-electron chi connectivity index (χ3n) is 6.17. The molecule has 0 aliphatic heterocycles. The molecule has 0 saturated carbocycles. The number of hydrogen-bond donors (Lipinski definition) is 0. The number of fused-ring (bicyclic) bond motifs is 1. The van der Waals surface area contributed by atoms with Gasteiger partial charge in [0.05, 0.1) is 31.5 Å². The van der Waals surface area contributed by atoms with Crippen LogP contribution in [0.4, 0.5) is 0 Å². The molecule has 10 heteroatoms. The van der Waals surface area contributed by atoms with Gasteiger partial charge in [0, 0.05) is 36.0 Å². The largest absolute Gasteiger partial charge is 0 e. The van der Waals surface area contributed by atoms with Crippen LogP contribution in [-0.2, 0) is 45.9 Å². The van der Waals surface area contributed by atoms with E-state index in [-0.39, 0.29) is 40.9 Å². The number of ether oxygens (including phenoxy) is 3. The maximum Gasteiger partial charge on any atom is 0 e. The zero-order valence-corrected chi connectivity index (χ0v) is 23.7. The Morgan fingerprint density at radius 2 is 1.49 bits per heavy atom. The molecule has 0 unspecified atom stereocenters. The van der Waals surface area contributed by atoms with Gasteiger partial charge in [0.15, 0.2) is 21.3 Å². The van der Waals surface area contributed by atoms with Crippen molar-refractivity contribution in [3.63, 3.8) is 0 Å². The Hall–Kier alpha value is -2.30. The normalized spacial score (nSPS) is 16.2. The Balaban J connectivity index is 0. The Kier molecular flexibility index (Phi) is 18.8. The number of aryl methyl sites for hydroxylation is 1. The molecule has 2 aromatic rings. The summed E-state index contributed by atoms with van der Waals surface area (Å²) in [5.41, 5.74) is 3.26. The van der Waals surface area contributed by atoms with E-state index >= 15 is 0 Å². The van der Waals surface area contributed by atoms with Gasteiger partial charge in [0.25, 0.3) is 0 Å². The average molecular weight is 569 g/mol. The molecule has 0 aromatic heterocycles. The predicted molar refractivity (Wildman–Crippen MR) is 130 cm³/mol. The third kappa shape index (κ3) is 9.19. The molecule has 0 spiro atoms. The molecule has 3 rings (SSSR count). The number of methoxy groups -OCH3 is 3. The Morgan fingerprint density at radius 1 is 0.946 bits per heavy atom. The molecule has 0 amide bonds. The third-order valence-corrected chi connectivity index (χ3v) is 8.13. The van der Waals surface area contributed by atoms with Crippen molar-refractivity contribution in [2.45, 2.75) is 43.4 Å². The van der Waals surface area contributed by atoms with E-state index in [0.717, 1.165) is 41.0 Å². The first kappa shape index (κ1) is 36.9. The standard InChI is InChI=1S/C24H32O5S.3CO.Cr/c1-16-13-21-20(17(2)15-30(25,26)19-9-7-6-8-10-19)12-11-18(14-27-3)22(21)24(29-5)23(16)28-4;3*1-2;/h6-10,13,17-18,20H,11-12,14-15H2,1-5H3;;;;/t17-,18-,20-;;;;/m0..../s1. The molecule has 0 bridgehead atoms. The van der Waals surface area contributed by atoms with E-state index in [1.165, 1.54) is 0 Å². The topological polar surface area (TPSA) is 122 Å². The van der Waals surface area contributed by atoms with Gasteiger partial charge in [-0.25, -0.2) is 8.42 Å². The van der Waals surface area contributed by atoms with Gasteiger partial charge in [-0.15, -0.1) is 0 Å². The molecule has 0 N–H and O–H groups in total. The Morgan fingerprint density at radius 3 is 1.97 bits per heavy atom. The van der Waals surface area contributed by atoms with Gasteiger partial charge in [-0.2, -0.15) is 0 Å². The summed E-state index contributed by atoms with van der Waals surface area (Å²) in [6.07, 6.45) is 1.84. The maximum atomic E-state index is 13.0. The predicted octanol–water partition coefficient (Wildman–Crippen LogP) is 4.61. The maximum absolute atomic E-state index is 13.0. The first-order valence-corrected chi connectivity index (χ1v) is 12.6. The minimum Gasteiger partial charge on any atom is 0 e.